The Bertz CT molecular complexity index is 1540. The molecule has 1 saturated carbocycles. The molecule has 242 valence electrons. The standard InChI is InChI=1S/C37H48ClN3O4/c1-25-10-15-32-30(22-25)31(42)24-33(45-32)34(43)39-29(23-26-11-13-28(38)14-12-26)16-19-41-20-17-37(18-21-41,27-8-6-5-7-9-27)35(44)40-36(2,3)4/h10-15,22,24,27,29H,5-9,16-21,23H2,1-4H3,(H,39,43)(H,40,44)/t29-/m1/s1. The van der Waals surface area contributed by atoms with Crippen molar-refractivity contribution in [3.8, 4) is 0 Å². The smallest absolute Gasteiger partial charge is 0.287 e. The molecular formula is C37H48ClN3O4. The van der Waals surface area contributed by atoms with Gasteiger partial charge in [-0.25, -0.2) is 0 Å². The fraction of sp³-hybridized carbons (Fsp3) is 0.541. The summed E-state index contributed by atoms with van der Waals surface area (Å²) in [6, 6.07) is 14.2. The van der Waals surface area contributed by atoms with Crippen molar-refractivity contribution in [2.45, 2.75) is 97.1 Å². The van der Waals surface area contributed by atoms with E-state index >= 15 is 0 Å². The summed E-state index contributed by atoms with van der Waals surface area (Å²) in [5.74, 6) is 0.273. The summed E-state index contributed by atoms with van der Waals surface area (Å²) in [6.45, 7) is 10.6. The van der Waals surface area contributed by atoms with Gasteiger partial charge in [0.25, 0.3) is 5.91 Å². The van der Waals surface area contributed by atoms with Crippen LogP contribution in [0.2, 0.25) is 5.02 Å². The molecule has 1 atom stereocenters. The number of rotatable bonds is 9. The number of hydrogen-bond donors (Lipinski definition) is 2. The Balaban J connectivity index is 1.28. The predicted octanol–water partition coefficient (Wildman–Crippen LogP) is 7.06. The van der Waals surface area contributed by atoms with Crippen LogP contribution in [0.1, 0.15) is 93.8 Å². The molecule has 1 aliphatic heterocycles. The van der Waals surface area contributed by atoms with E-state index in [4.69, 9.17) is 16.0 Å². The first kappa shape index (κ1) is 33.2. The van der Waals surface area contributed by atoms with Crippen LogP contribution in [0.4, 0.5) is 0 Å². The van der Waals surface area contributed by atoms with Crippen LogP contribution in [-0.2, 0) is 11.2 Å². The highest BCUT2D eigenvalue weighted by molar-refractivity contribution is 6.30. The number of hydrogen-bond acceptors (Lipinski definition) is 5. The van der Waals surface area contributed by atoms with E-state index in [0.717, 1.165) is 62.9 Å². The van der Waals surface area contributed by atoms with Gasteiger partial charge in [0.05, 0.1) is 10.8 Å². The Labute approximate surface area is 272 Å². The summed E-state index contributed by atoms with van der Waals surface area (Å²) >= 11 is 6.14. The molecule has 45 heavy (non-hydrogen) atoms. The normalized spacial score (nSPS) is 18.4. The van der Waals surface area contributed by atoms with E-state index in [1.54, 1.807) is 12.1 Å². The lowest BCUT2D eigenvalue weighted by Crippen LogP contribution is -2.56. The molecule has 5 rings (SSSR count). The van der Waals surface area contributed by atoms with E-state index in [1.807, 2.05) is 37.3 Å². The van der Waals surface area contributed by atoms with E-state index in [0.29, 0.717) is 28.3 Å². The Morgan fingerprint density at radius 2 is 1.71 bits per heavy atom. The molecular weight excluding hydrogens is 586 g/mol. The minimum absolute atomic E-state index is 0.0116. The second-order valence-electron chi connectivity index (χ2n) is 14.3. The van der Waals surface area contributed by atoms with Gasteiger partial charge in [0, 0.05) is 29.2 Å². The Kier molecular flexibility index (Phi) is 10.4. The van der Waals surface area contributed by atoms with Crippen molar-refractivity contribution in [3.63, 3.8) is 0 Å². The lowest BCUT2D eigenvalue weighted by atomic mass is 9.63. The number of piperidine rings is 1. The largest absolute Gasteiger partial charge is 0.451 e. The molecule has 2 aliphatic rings. The summed E-state index contributed by atoms with van der Waals surface area (Å²) in [5.41, 5.74) is 1.62. The number of likely N-dealkylation sites (tertiary alicyclic amines) is 1. The van der Waals surface area contributed by atoms with Crippen LogP contribution in [0, 0.1) is 18.3 Å². The van der Waals surface area contributed by atoms with Gasteiger partial charge in [-0.15, -0.1) is 0 Å². The van der Waals surface area contributed by atoms with Crippen LogP contribution in [0.15, 0.2) is 57.7 Å². The van der Waals surface area contributed by atoms with Gasteiger partial charge in [0.1, 0.15) is 5.58 Å². The highest BCUT2D eigenvalue weighted by Crippen LogP contribution is 2.46. The number of nitrogens with one attached hydrogen (secondary N) is 2. The van der Waals surface area contributed by atoms with E-state index in [-0.39, 0.29) is 34.1 Å². The number of amides is 2. The Morgan fingerprint density at radius 1 is 1.02 bits per heavy atom. The number of carbonyl (C=O) groups excluding carboxylic acids is 2. The molecule has 0 spiro atoms. The maximum atomic E-state index is 13.8. The average Bonchev–Trinajstić information content (AvgIpc) is 3.01. The van der Waals surface area contributed by atoms with E-state index in [9.17, 15) is 14.4 Å². The van der Waals surface area contributed by atoms with Crippen molar-refractivity contribution in [3.05, 3.63) is 80.7 Å². The molecule has 1 saturated heterocycles. The van der Waals surface area contributed by atoms with Crippen molar-refractivity contribution in [2.24, 2.45) is 11.3 Å². The van der Waals surface area contributed by atoms with E-state index in [2.05, 4.69) is 36.3 Å². The van der Waals surface area contributed by atoms with Gasteiger partial charge >= 0.3 is 0 Å². The second kappa shape index (κ2) is 14.1. The molecule has 0 bridgehead atoms. The van der Waals surface area contributed by atoms with Crippen molar-refractivity contribution in [2.75, 3.05) is 19.6 Å². The van der Waals surface area contributed by atoms with Gasteiger partial charge in [-0.05, 0) is 115 Å². The first-order valence-electron chi connectivity index (χ1n) is 16.6. The minimum atomic E-state index is -0.401. The first-order chi connectivity index (χ1) is 21.4. The van der Waals surface area contributed by atoms with Gasteiger partial charge in [-0.2, -0.15) is 0 Å². The highest BCUT2D eigenvalue weighted by Gasteiger charge is 2.48. The molecule has 2 amide bonds. The van der Waals surface area contributed by atoms with Crippen molar-refractivity contribution in [1.82, 2.24) is 15.5 Å². The number of carbonyl (C=O) groups is 2. The summed E-state index contributed by atoms with van der Waals surface area (Å²) in [7, 11) is 0. The van der Waals surface area contributed by atoms with Gasteiger partial charge < -0.3 is 20.0 Å². The number of fused-ring (bicyclic) bond motifs is 1. The maximum absolute atomic E-state index is 13.8. The SMILES string of the molecule is Cc1ccc2oc(C(=O)N[C@H](CCN3CCC(C(=O)NC(C)(C)C)(C4CCCCC4)CC3)Cc3ccc(Cl)cc3)cc(=O)c2c1. The van der Waals surface area contributed by atoms with Crippen molar-refractivity contribution in [1.29, 1.82) is 0 Å². The molecule has 2 fully saturated rings. The van der Waals surface area contributed by atoms with Crippen LogP contribution in [0.3, 0.4) is 0 Å². The van der Waals surface area contributed by atoms with Crippen molar-refractivity contribution >= 4 is 34.4 Å². The van der Waals surface area contributed by atoms with Crippen molar-refractivity contribution < 1.29 is 14.0 Å². The van der Waals surface area contributed by atoms with Gasteiger partial charge in [-0.3, -0.25) is 14.4 Å². The van der Waals surface area contributed by atoms with Gasteiger partial charge in [0.2, 0.25) is 5.91 Å². The number of halogens is 1. The van der Waals surface area contributed by atoms with Crippen LogP contribution in [-0.4, -0.2) is 47.9 Å². The Morgan fingerprint density at radius 3 is 2.38 bits per heavy atom. The zero-order chi connectivity index (χ0) is 32.2. The number of aryl methyl sites for hydroxylation is 1. The molecule has 0 radical (unpaired) electrons. The third-order valence-electron chi connectivity index (χ3n) is 9.71. The second-order valence-corrected chi connectivity index (χ2v) is 14.7. The number of nitrogens with zero attached hydrogens (tertiary/aromatic N) is 1. The molecule has 2 heterocycles. The summed E-state index contributed by atoms with van der Waals surface area (Å²) in [5, 5.41) is 7.62. The lowest BCUT2D eigenvalue weighted by molar-refractivity contribution is -0.141. The molecule has 8 heteroatoms. The fourth-order valence-corrected chi connectivity index (χ4v) is 7.35. The molecule has 7 nitrogen and oxygen atoms in total. The third-order valence-corrected chi connectivity index (χ3v) is 9.96. The van der Waals surface area contributed by atoms with E-state index < -0.39 is 5.91 Å². The molecule has 3 aromatic rings. The van der Waals surface area contributed by atoms with Crippen LogP contribution in [0.25, 0.3) is 11.0 Å². The van der Waals surface area contributed by atoms with E-state index in [1.165, 1.54) is 25.3 Å². The summed E-state index contributed by atoms with van der Waals surface area (Å²) in [6.07, 6.45) is 9.01. The van der Waals surface area contributed by atoms with Crippen LogP contribution < -0.4 is 16.1 Å². The average molecular weight is 634 g/mol. The Hall–Kier alpha value is -3.16. The molecule has 0 unspecified atom stereocenters. The lowest BCUT2D eigenvalue weighted by Gasteiger charge is -2.47. The molecule has 1 aromatic heterocycles. The monoisotopic (exact) mass is 633 g/mol. The molecule has 2 N–H and O–H groups in total. The van der Waals surface area contributed by atoms with Crippen LogP contribution in [0.5, 0.6) is 0 Å². The maximum Gasteiger partial charge on any atom is 0.287 e. The highest BCUT2D eigenvalue weighted by atomic mass is 35.5. The summed E-state index contributed by atoms with van der Waals surface area (Å²) < 4.78 is 5.88. The van der Waals surface area contributed by atoms with Gasteiger partial charge in [0.15, 0.2) is 11.2 Å². The summed E-state index contributed by atoms with van der Waals surface area (Å²) in [4.78, 5) is 42.5. The molecule has 2 aromatic carbocycles. The van der Waals surface area contributed by atoms with Gasteiger partial charge in [-0.1, -0.05) is 54.6 Å². The fourth-order valence-electron chi connectivity index (χ4n) is 7.22. The van der Waals surface area contributed by atoms with Crippen LogP contribution >= 0.6 is 11.6 Å². The first-order valence-corrected chi connectivity index (χ1v) is 16.9. The quantitative estimate of drug-likeness (QED) is 0.263. The topological polar surface area (TPSA) is 91.7 Å². The zero-order valence-electron chi connectivity index (χ0n) is 27.2. The third kappa shape index (κ3) is 8.36. The zero-order valence-corrected chi connectivity index (χ0v) is 28.0. The number of benzene rings is 2. The predicted molar refractivity (Wildman–Crippen MR) is 181 cm³/mol. The minimum Gasteiger partial charge on any atom is -0.451 e. The molecule has 1 aliphatic carbocycles.